The van der Waals surface area contributed by atoms with E-state index in [0.717, 1.165) is 5.71 Å². The second-order valence-electron chi connectivity index (χ2n) is 4.68. The molecule has 1 fully saturated rings. The smallest absolute Gasteiger partial charge is 0.0151 e. The van der Waals surface area contributed by atoms with E-state index in [1.165, 1.54) is 51.4 Å². The van der Waals surface area contributed by atoms with Gasteiger partial charge < -0.3 is 5.41 Å². The zero-order valence-electron chi connectivity index (χ0n) is 9.81. The van der Waals surface area contributed by atoms with Crippen molar-refractivity contribution in [3.05, 3.63) is 0 Å². The molecule has 0 aromatic rings. The van der Waals surface area contributed by atoms with Crippen molar-refractivity contribution < 1.29 is 0 Å². The van der Waals surface area contributed by atoms with E-state index in [1.54, 1.807) is 0 Å². The van der Waals surface area contributed by atoms with Crippen LogP contribution >= 0.6 is 0 Å². The van der Waals surface area contributed by atoms with E-state index in [-0.39, 0.29) is 0 Å². The van der Waals surface area contributed by atoms with E-state index in [9.17, 15) is 0 Å². The van der Waals surface area contributed by atoms with Crippen LogP contribution in [0.5, 0.6) is 0 Å². The molecule has 0 aromatic heterocycles. The van der Waals surface area contributed by atoms with E-state index >= 15 is 0 Å². The fraction of sp³-hybridized carbons (Fsp3) is 0.923. The second kappa shape index (κ2) is 6.21. The van der Waals surface area contributed by atoms with Gasteiger partial charge in [0.25, 0.3) is 0 Å². The molecule has 1 aliphatic carbocycles. The molecule has 0 radical (unpaired) electrons. The van der Waals surface area contributed by atoms with Crippen LogP contribution in [0.15, 0.2) is 0 Å². The molecule has 1 nitrogen and oxygen atoms in total. The van der Waals surface area contributed by atoms with E-state index in [2.05, 4.69) is 13.8 Å². The van der Waals surface area contributed by atoms with Crippen molar-refractivity contribution in [1.29, 1.82) is 5.41 Å². The zero-order valence-corrected chi connectivity index (χ0v) is 9.81. The van der Waals surface area contributed by atoms with Gasteiger partial charge in [-0.05, 0) is 37.5 Å². The van der Waals surface area contributed by atoms with Gasteiger partial charge in [0, 0.05) is 5.71 Å². The van der Waals surface area contributed by atoms with Crippen molar-refractivity contribution in [2.75, 3.05) is 0 Å². The van der Waals surface area contributed by atoms with Crippen molar-refractivity contribution in [3.8, 4) is 0 Å². The lowest BCUT2D eigenvalue weighted by Gasteiger charge is -2.27. The summed E-state index contributed by atoms with van der Waals surface area (Å²) in [5.41, 5.74) is 1.08. The summed E-state index contributed by atoms with van der Waals surface area (Å²) in [7, 11) is 0. The van der Waals surface area contributed by atoms with Crippen LogP contribution in [0.1, 0.15) is 65.2 Å². The first-order chi connectivity index (χ1) is 6.79. The topological polar surface area (TPSA) is 23.9 Å². The maximum absolute atomic E-state index is 8.24. The molecule has 0 aromatic carbocycles. The average Bonchev–Trinajstić information content (AvgIpc) is 2.26. The van der Waals surface area contributed by atoms with Crippen molar-refractivity contribution in [2.45, 2.75) is 65.2 Å². The van der Waals surface area contributed by atoms with Gasteiger partial charge in [0.1, 0.15) is 0 Å². The summed E-state index contributed by atoms with van der Waals surface area (Å²) in [4.78, 5) is 0. The summed E-state index contributed by atoms with van der Waals surface area (Å²) in [6, 6.07) is 0. The molecule has 1 atom stereocenters. The molecular weight excluding hydrogens is 170 g/mol. The molecular formula is C13H25N. The average molecular weight is 195 g/mol. The third kappa shape index (κ3) is 3.11. The summed E-state index contributed by atoms with van der Waals surface area (Å²) in [5.74, 6) is 1.23. The van der Waals surface area contributed by atoms with Gasteiger partial charge in [-0.1, -0.05) is 39.5 Å². The maximum atomic E-state index is 8.24. The Kier molecular flexibility index (Phi) is 5.21. The van der Waals surface area contributed by atoms with Crippen LogP contribution in [0, 0.1) is 17.2 Å². The first kappa shape index (κ1) is 11.7. The fourth-order valence-electron chi connectivity index (χ4n) is 2.67. The Labute approximate surface area is 88.8 Å². The standard InChI is InChI=1S/C13H25N/c1-3-8-11(4-2)13(14)12-9-6-5-7-10-12/h11-12,14H,3-10H2,1-2H3. The summed E-state index contributed by atoms with van der Waals surface area (Å²) < 4.78 is 0. The van der Waals surface area contributed by atoms with Crippen molar-refractivity contribution in [3.63, 3.8) is 0 Å². The Bertz CT molecular complexity index is 161. The third-order valence-electron chi connectivity index (χ3n) is 3.61. The predicted octanol–water partition coefficient (Wildman–Crippen LogP) is 4.41. The number of rotatable bonds is 5. The summed E-state index contributed by atoms with van der Waals surface area (Å²) in [6.45, 7) is 4.47. The predicted molar refractivity (Wildman–Crippen MR) is 63.0 cm³/mol. The highest BCUT2D eigenvalue weighted by Gasteiger charge is 2.22. The van der Waals surface area contributed by atoms with Crippen molar-refractivity contribution in [1.82, 2.24) is 0 Å². The minimum atomic E-state index is 0.586. The maximum Gasteiger partial charge on any atom is 0.0151 e. The molecule has 82 valence electrons. The Morgan fingerprint density at radius 1 is 1.21 bits per heavy atom. The lowest BCUT2D eigenvalue weighted by Crippen LogP contribution is -2.24. The molecule has 1 saturated carbocycles. The molecule has 0 aliphatic heterocycles. The van der Waals surface area contributed by atoms with Crippen LogP contribution in [-0.4, -0.2) is 5.71 Å². The minimum absolute atomic E-state index is 0.586. The fourth-order valence-corrected chi connectivity index (χ4v) is 2.67. The van der Waals surface area contributed by atoms with Gasteiger partial charge in [0.15, 0.2) is 0 Å². The lowest BCUT2D eigenvalue weighted by molar-refractivity contribution is 0.416. The molecule has 1 aliphatic rings. The van der Waals surface area contributed by atoms with Crippen LogP contribution in [-0.2, 0) is 0 Å². The van der Waals surface area contributed by atoms with Gasteiger partial charge in [-0.2, -0.15) is 0 Å². The minimum Gasteiger partial charge on any atom is -0.309 e. The zero-order chi connectivity index (χ0) is 10.4. The molecule has 1 unspecified atom stereocenters. The van der Waals surface area contributed by atoms with Crippen LogP contribution in [0.4, 0.5) is 0 Å². The first-order valence-corrected chi connectivity index (χ1v) is 6.37. The molecule has 1 N–H and O–H groups in total. The Hall–Kier alpha value is -0.330. The van der Waals surface area contributed by atoms with E-state index in [0.29, 0.717) is 11.8 Å². The van der Waals surface area contributed by atoms with E-state index in [4.69, 9.17) is 5.41 Å². The van der Waals surface area contributed by atoms with Gasteiger partial charge in [0.2, 0.25) is 0 Å². The SMILES string of the molecule is CCCC(CC)C(=N)C1CCCCC1. The highest BCUT2D eigenvalue weighted by Crippen LogP contribution is 2.29. The highest BCUT2D eigenvalue weighted by atomic mass is 14.5. The Morgan fingerprint density at radius 2 is 1.86 bits per heavy atom. The van der Waals surface area contributed by atoms with Crippen LogP contribution in [0.3, 0.4) is 0 Å². The molecule has 0 saturated heterocycles. The van der Waals surface area contributed by atoms with Crippen LogP contribution in [0.2, 0.25) is 0 Å². The lowest BCUT2D eigenvalue weighted by atomic mass is 9.79. The molecule has 0 bridgehead atoms. The monoisotopic (exact) mass is 195 g/mol. The molecule has 0 spiro atoms. The van der Waals surface area contributed by atoms with Gasteiger partial charge in [-0.3, -0.25) is 0 Å². The van der Waals surface area contributed by atoms with Gasteiger partial charge in [-0.25, -0.2) is 0 Å². The highest BCUT2D eigenvalue weighted by molar-refractivity contribution is 5.86. The molecule has 1 heteroatoms. The van der Waals surface area contributed by atoms with E-state index in [1.807, 2.05) is 0 Å². The van der Waals surface area contributed by atoms with Crippen molar-refractivity contribution in [2.24, 2.45) is 11.8 Å². The van der Waals surface area contributed by atoms with Gasteiger partial charge in [-0.15, -0.1) is 0 Å². The van der Waals surface area contributed by atoms with Crippen molar-refractivity contribution >= 4 is 5.71 Å². The van der Waals surface area contributed by atoms with Crippen LogP contribution < -0.4 is 0 Å². The second-order valence-corrected chi connectivity index (χ2v) is 4.68. The van der Waals surface area contributed by atoms with Gasteiger partial charge >= 0.3 is 0 Å². The molecule has 0 heterocycles. The third-order valence-corrected chi connectivity index (χ3v) is 3.61. The number of hydrogen-bond donors (Lipinski definition) is 1. The van der Waals surface area contributed by atoms with Gasteiger partial charge in [0.05, 0.1) is 0 Å². The molecule has 0 amide bonds. The summed E-state index contributed by atoms with van der Waals surface area (Å²) in [6.07, 6.45) is 10.3. The summed E-state index contributed by atoms with van der Waals surface area (Å²) >= 11 is 0. The largest absolute Gasteiger partial charge is 0.309 e. The normalized spacial score (nSPS) is 20.7. The number of hydrogen-bond acceptors (Lipinski definition) is 1. The Morgan fingerprint density at radius 3 is 2.36 bits per heavy atom. The molecule has 1 rings (SSSR count). The Balaban J connectivity index is 2.43. The summed E-state index contributed by atoms with van der Waals surface area (Å²) in [5, 5.41) is 8.24. The molecule has 14 heavy (non-hydrogen) atoms. The van der Waals surface area contributed by atoms with Crippen LogP contribution in [0.25, 0.3) is 0 Å². The first-order valence-electron chi connectivity index (χ1n) is 6.37. The van der Waals surface area contributed by atoms with E-state index < -0.39 is 0 Å². The number of nitrogens with one attached hydrogen (secondary N) is 1. The quantitative estimate of drug-likeness (QED) is 0.628.